The Hall–Kier alpha value is -1.66. The molecule has 0 heterocycles. The lowest BCUT2D eigenvalue weighted by Crippen LogP contribution is -2.45. The summed E-state index contributed by atoms with van der Waals surface area (Å²) >= 11 is 0. The number of esters is 1. The minimum absolute atomic E-state index is 0.0206. The lowest BCUT2D eigenvalue weighted by Gasteiger charge is -2.22. The first-order valence-electron chi connectivity index (χ1n) is 29.1. The molecule has 0 aromatic rings. The highest BCUT2D eigenvalue weighted by Gasteiger charge is 2.20. The Balaban J connectivity index is 3.46. The van der Waals surface area contributed by atoms with Crippen molar-refractivity contribution in [1.82, 2.24) is 5.32 Å². The van der Waals surface area contributed by atoms with Gasteiger partial charge in [0.2, 0.25) is 5.91 Å². The van der Waals surface area contributed by atoms with Crippen molar-refractivity contribution in [3.63, 3.8) is 0 Å². The predicted octanol–water partition coefficient (Wildman–Crippen LogP) is 17.9. The summed E-state index contributed by atoms with van der Waals surface area (Å²) in [6.45, 7) is 4.90. The summed E-state index contributed by atoms with van der Waals surface area (Å²) in [4.78, 5) is 24.6. The fourth-order valence-electron chi connectivity index (χ4n) is 9.02. The van der Waals surface area contributed by atoms with E-state index in [4.69, 9.17) is 4.74 Å². The van der Waals surface area contributed by atoms with Gasteiger partial charge in [0.05, 0.1) is 25.4 Å². The topological polar surface area (TPSA) is 95.9 Å². The summed E-state index contributed by atoms with van der Waals surface area (Å²) in [5.41, 5.74) is 0. The van der Waals surface area contributed by atoms with Crippen LogP contribution in [0.5, 0.6) is 0 Å². The van der Waals surface area contributed by atoms with E-state index in [-0.39, 0.29) is 18.5 Å². The maximum absolute atomic E-state index is 12.5. The second-order valence-electron chi connectivity index (χ2n) is 20.0. The predicted molar refractivity (Wildman–Crippen MR) is 283 cm³/mol. The summed E-state index contributed by atoms with van der Waals surface area (Å²) in [5.74, 6) is -0.0723. The Morgan fingerprint density at radius 3 is 1.20 bits per heavy atom. The van der Waals surface area contributed by atoms with Crippen LogP contribution >= 0.6 is 0 Å². The van der Waals surface area contributed by atoms with Crippen molar-refractivity contribution in [2.45, 2.75) is 328 Å². The van der Waals surface area contributed by atoms with Gasteiger partial charge in [-0.15, -0.1) is 0 Å². The third-order valence-electron chi connectivity index (χ3n) is 13.5. The van der Waals surface area contributed by atoms with Crippen LogP contribution in [0.1, 0.15) is 316 Å². The van der Waals surface area contributed by atoms with Crippen molar-refractivity contribution in [2.24, 2.45) is 0 Å². The van der Waals surface area contributed by atoms with E-state index in [0.29, 0.717) is 25.9 Å². The van der Waals surface area contributed by atoms with E-state index in [1.54, 1.807) is 0 Å². The maximum Gasteiger partial charge on any atom is 0.305 e. The van der Waals surface area contributed by atoms with E-state index in [1.165, 1.54) is 218 Å². The molecule has 0 aliphatic heterocycles. The van der Waals surface area contributed by atoms with Crippen molar-refractivity contribution in [3.8, 4) is 0 Å². The van der Waals surface area contributed by atoms with Gasteiger partial charge in [0.1, 0.15) is 0 Å². The number of carbonyl (C=O) groups excluding carboxylic acids is 2. The molecule has 2 unspecified atom stereocenters. The van der Waals surface area contributed by atoms with E-state index < -0.39 is 12.1 Å². The van der Waals surface area contributed by atoms with Crippen LogP contribution in [-0.2, 0) is 14.3 Å². The number of aliphatic hydroxyl groups is 2. The fourth-order valence-corrected chi connectivity index (χ4v) is 9.02. The molecule has 0 bridgehead atoms. The highest BCUT2D eigenvalue weighted by Crippen LogP contribution is 2.17. The molecular formula is C59H113NO5. The largest absolute Gasteiger partial charge is 0.466 e. The Morgan fingerprint density at radius 1 is 0.431 bits per heavy atom. The number of hydrogen-bond donors (Lipinski definition) is 3. The molecule has 0 aromatic carbocycles. The average molecular weight is 917 g/mol. The van der Waals surface area contributed by atoms with Gasteiger partial charge in [-0.2, -0.15) is 0 Å². The van der Waals surface area contributed by atoms with Gasteiger partial charge in [-0.1, -0.05) is 269 Å². The summed E-state index contributed by atoms with van der Waals surface area (Å²) in [7, 11) is 0. The van der Waals surface area contributed by atoms with Crippen LogP contribution in [0.4, 0.5) is 0 Å². The summed E-state index contributed by atoms with van der Waals surface area (Å²) < 4.78 is 5.47. The van der Waals surface area contributed by atoms with Gasteiger partial charge in [-0.25, -0.2) is 0 Å². The van der Waals surface area contributed by atoms with Crippen LogP contribution in [0.15, 0.2) is 24.3 Å². The van der Waals surface area contributed by atoms with Gasteiger partial charge in [0.15, 0.2) is 0 Å². The highest BCUT2D eigenvalue weighted by atomic mass is 16.5. The normalized spacial score (nSPS) is 12.7. The number of allylic oxidation sites excluding steroid dienone is 4. The Bertz CT molecular complexity index is 1010. The number of amides is 1. The molecule has 0 saturated heterocycles. The van der Waals surface area contributed by atoms with E-state index in [1.807, 2.05) is 0 Å². The number of hydrogen-bond acceptors (Lipinski definition) is 5. The number of rotatable bonds is 54. The number of ether oxygens (including phenoxy) is 1. The standard InChI is InChI=1S/C59H113NO5/c1-3-5-7-9-11-13-15-17-19-21-22-23-25-26-28-31-35-39-43-47-51-57(62)56(55-61)60-58(63)52-48-44-40-36-32-30-34-38-42-46-50-54-65-59(64)53-49-45-41-37-33-29-27-24-20-18-16-14-12-10-8-6-4-2/h12,14,18,20,56-57,61-62H,3-11,13,15-17,19,21-55H2,1-2H3,(H,60,63)/b14-12-,20-18-. The molecule has 6 heteroatoms. The molecule has 384 valence electrons. The fraction of sp³-hybridized carbons (Fsp3) is 0.898. The quantitative estimate of drug-likeness (QED) is 0.0321. The van der Waals surface area contributed by atoms with Crippen LogP contribution in [0, 0.1) is 0 Å². The molecule has 0 aromatic heterocycles. The molecule has 65 heavy (non-hydrogen) atoms. The minimum Gasteiger partial charge on any atom is -0.466 e. The molecule has 0 aliphatic carbocycles. The number of nitrogens with one attached hydrogen (secondary N) is 1. The monoisotopic (exact) mass is 916 g/mol. The van der Waals surface area contributed by atoms with E-state index in [0.717, 1.165) is 64.2 Å². The molecule has 1 amide bonds. The summed E-state index contributed by atoms with van der Waals surface area (Å²) in [6.07, 6.45) is 65.9. The second kappa shape index (κ2) is 54.9. The SMILES string of the molecule is CCCCC/C=C\C/C=C\CCCCCCCCCC(=O)OCCCCCCCCCCCCCC(=O)NC(CO)C(O)CCCCCCCCCCCCCCCCCCCCCC. The van der Waals surface area contributed by atoms with E-state index >= 15 is 0 Å². The van der Waals surface area contributed by atoms with Gasteiger partial charge in [0, 0.05) is 12.8 Å². The van der Waals surface area contributed by atoms with Crippen molar-refractivity contribution < 1.29 is 24.5 Å². The first kappa shape index (κ1) is 63.3. The number of unbranched alkanes of at least 4 members (excludes halogenated alkanes) is 39. The van der Waals surface area contributed by atoms with Crippen LogP contribution in [0.25, 0.3) is 0 Å². The molecule has 0 saturated carbocycles. The first-order chi connectivity index (χ1) is 32.0. The minimum atomic E-state index is -0.678. The van der Waals surface area contributed by atoms with Crippen LogP contribution in [0.3, 0.4) is 0 Å². The van der Waals surface area contributed by atoms with Crippen molar-refractivity contribution in [1.29, 1.82) is 0 Å². The third-order valence-corrected chi connectivity index (χ3v) is 13.5. The molecular weight excluding hydrogens is 803 g/mol. The molecule has 0 aliphatic rings. The van der Waals surface area contributed by atoms with E-state index in [2.05, 4.69) is 43.5 Å². The number of aliphatic hydroxyl groups excluding tert-OH is 2. The molecule has 6 nitrogen and oxygen atoms in total. The first-order valence-corrected chi connectivity index (χ1v) is 29.1. The molecule has 0 rings (SSSR count). The summed E-state index contributed by atoms with van der Waals surface area (Å²) in [5, 5.41) is 23.3. The van der Waals surface area contributed by atoms with Crippen molar-refractivity contribution in [3.05, 3.63) is 24.3 Å². The zero-order chi connectivity index (χ0) is 47.2. The second-order valence-corrected chi connectivity index (χ2v) is 20.0. The Morgan fingerprint density at radius 2 is 0.769 bits per heavy atom. The van der Waals surface area contributed by atoms with E-state index in [9.17, 15) is 19.8 Å². The van der Waals surface area contributed by atoms with Crippen molar-refractivity contribution >= 4 is 11.9 Å². The zero-order valence-electron chi connectivity index (χ0n) is 43.7. The Labute approximate surface area is 405 Å². The highest BCUT2D eigenvalue weighted by molar-refractivity contribution is 5.76. The maximum atomic E-state index is 12.5. The lowest BCUT2D eigenvalue weighted by atomic mass is 10.0. The average Bonchev–Trinajstić information content (AvgIpc) is 3.31. The van der Waals surface area contributed by atoms with Gasteiger partial charge < -0.3 is 20.3 Å². The van der Waals surface area contributed by atoms with Gasteiger partial charge in [0.25, 0.3) is 0 Å². The molecule has 0 spiro atoms. The smallest absolute Gasteiger partial charge is 0.305 e. The zero-order valence-corrected chi connectivity index (χ0v) is 43.7. The van der Waals surface area contributed by atoms with Crippen LogP contribution in [0.2, 0.25) is 0 Å². The molecule has 2 atom stereocenters. The van der Waals surface area contributed by atoms with Crippen molar-refractivity contribution in [2.75, 3.05) is 13.2 Å². The van der Waals surface area contributed by atoms with Gasteiger partial charge in [-0.05, 0) is 57.8 Å². The van der Waals surface area contributed by atoms with Crippen LogP contribution in [-0.4, -0.2) is 47.4 Å². The third kappa shape index (κ3) is 51.6. The van der Waals surface area contributed by atoms with Gasteiger partial charge >= 0.3 is 5.97 Å². The van der Waals surface area contributed by atoms with Crippen LogP contribution < -0.4 is 5.32 Å². The van der Waals surface area contributed by atoms with Gasteiger partial charge in [-0.3, -0.25) is 9.59 Å². The molecule has 3 N–H and O–H groups in total. The number of carbonyl (C=O) groups is 2. The molecule has 0 fully saturated rings. The molecule has 0 radical (unpaired) electrons. The lowest BCUT2D eigenvalue weighted by molar-refractivity contribution is -0.143. The summed E-state index contributed by atoms with van der Waals surface area (Å²) in [6, 6.07) is -0.557. The Kier molecular flexibility index (Phi) is 53.5.